The number of rotatable bonds is 15. The number of hydrogen-bond donors (Lipinski definition) is 4. The molecule has 5 fully saturated rings. The minimum Gasteiger partial charge on any atom is -0.495 e. The van der Waals surface area contributed by atoms with Crippen molar-refractivity contribution in [1.82, 2.24) is 99.0 Å². The van der Waals surface area contributed by atoms with Crippen molar-refractivity contribution in [2.45, 2.75) is 79.3 Å². The molecule has 0 unspecified atom stereocenters. The van der Waals surface area contributed by atoms with E-state index in [1.165, 1.54) is 86.8 Å². The Balaban J connectivity index is 0.000000126. The zero-order valence-corrected chi connectivity index (χ0v) is 86.6. The highest BCUT2D eigenvalue weighted by Crippen LogP contribution is 2.48. The minimum absolute atomic E-state index is 0.0166. The van der Waals surface area contributed by atoms with Gasteiger partial charge in [0.05, 0.1) is 88.0 Å². The summed E-state index contributed by atoms with van der Waals surface area (Å²) in [7, 11) is 26.2. The maximum atomic E-state index is 13.4. The molecule has 5 saturated heterocycles. The molecule has 0 bridgehead atoms. The van der Waals surface area contributed by atoms with Gasteiger partial charge in [0.2, 0.25) is 23.8 Å². The fourth-order valence-electron chi connectivity index (χ4n) is 18.8. The monoisotopic (exact) mass is 1990 g/mol. The second-order valence-electron chi connectivity index (χ2n) is 36.6. The maximum absolute atomic E-state index is 13.4. The Morgan fingerprint density at radius 1 is 0.355 bits per heavy atom. The lowest BCUT2D eigenvalue weighted by atomic mass is 10.0. The molecule has 0 saturated carbocycles. The van der Waals surface area contributed by atoms with Crippen LogP contribution in [-0.4, -0.2) is 337 Å². The number of carbonyl (C=O) groups excluding carboxylic acids is 5. The van der Waals surface area contributed by atoms with Crippen LogP contribution in [0.3, 0.4) is 0 Å². The molecule has 740 valence electrons. The molecule has 5 amide bonds. The third kappa shape index (κ3) is 20.1. The van der Waals surface area contributed by atoms with E-state index in [0.29, 0.717) is 122 Å². The number of ether oxygens (including phenoxy) is 2. The van der Waals surface area contributed by atoms with Crippen LogP contribution in [0.25, 0.3) is 0 Å². The Hall–Kier alpha value is -13.5. The molecule has 9 aliphatic heterocycles. The average Bonchev–Trinajstić information content (AvgIpc) is 1.63. The summed E-state index contributed by atoms with van der Waals surface area (Å²) in [4.78, 5) is 153. The Labute approximate surface area is 835 Å². The number of nitrogens with one attached hydrogen (secondary N) is 4. The van der Waals surface area contributed by atoms with Crippen molar-refractivity contribution in [2.75, 3.05) is 267 Å². The standard InChI is InChI=1S/C29H37N9O3S.C28H37N9O2S.C23H28N8OS.C16H18N8OS/c1-18-31-24-27(40)35(3)22-17-30-29(33-25(22)36(4)28(24)42-18)32-21-7-6-19(16-23(21)41-5)26(39)38-10-8-20(9-11-38)37-14-12-34(2)13-15-37;1-18-30-24-26(38)34(3)22-17-29-28(32-25(22)35(4)27(24)40-18)31-19-6-7-21(23(16-19)39-5)37-10-8-20(9-11-37)36-14-12-33(2)13-15-36;1-14-12-16(31-10-8-28(3)9-11-31)6-7-17(14)26-23-24-13-18-20(27-23)30(5)22-19(21(32)29(18)4)25-15(2)33-22;1-8-10(6-18-24(8)5)20-16-17-7-11-13(21-16)23(4)15-12(14(25)22(11)3)19-9(2)26-15/h6-7,16-17,20H,8-15H2,1-5H3,(H,30,32,33);6-7,16-17,20H,8-15H2,1-5H3,(H,29,31,32);6-7,12-13H,8-11H2,1-5H3,(H,24,26,27);6-7H,1-5H3,(H,17,20,21). The van der Waals surface area contributed by atoms with E-state index in [0.717, 1.165) is 184 Å². The Bertz CT molecular complexity index is 6700. The van der Waals surface area contributed by atoms with Gasteiger partial charge in [-0.05, 0) is 142 Å². The van der Waals surface area contributed by atoms with Crippen LogP contribution in [-0.2, 0) is 7.05 Å². The summed E-state index contributed by atoms with van der Waals surface area (Å²) in [5.74, 6) is 4.92. The molecule has 45 heteroatoms. The zero-order chi connectivity index (χ0) is 99.4. The molecule has 18 heterocycles. The number of anilines is 22. The molecule has 0 aliphatic carbocycles. The van der Waals surface area contributed by atoms with E-state index >= 15 is 0 Å². The van der Waals surface area contributed by atoms with Crippen LogP contribution >= 0.6 is 45.3 Å². The molecule has 0 atom stereocenters. The minimum atomic E-state index is -0.199. The second kappa shape index (κ2) is 41.0. The molecule has 12 aromatic rings. The highest BCUT2D eigenvalue weighted by atomic mass is 32.1. The Kier molecular flexibility index (Phi) is 28.4. The first kappa shape index (κ1) is 97.7. The maximum Gasteiger partial charge on any atom is 0.279 e. The van der Waals surface area contributed by atoms with Crippen LogP contribution in [0.2, 0.25) is 0 Å². The van der Waals surface area contributed by atoms with Crippen molar-refractivity contribution in [2.24, 2.45) is 7.05 Å². The molecule has 0 radical (unpaired) electrons. The average molecular weight is 1990 g/mol. The molecule has 4 N–H and O–H groups in total. The molecule has 41 nitrogen and oxygen atoms in total. The largest absolute Gasteiger partial charge is 0.495 e. The third-order valence-corrected chi connectivity index (χ3v) is 31.6. The van der Waals surface area contributed by atoms with Crippen molar-refractivity contribution in [3.63, 3.8) is 0 Å². The number of benzene rings is 3. The zero-order valence-electron chi connectivity index (χ0n) is 83.3. The number of likely N-dealkylation sites (tertiary alicyclic amines) is 1. The van der Waals surface area contributed by atoms with Gasteiger partial charge in [-0.1, -0.05) is 0 Å². The fraction of sp³-hybridized carbons (Fsp3) is 0.438. The van der Waals surface area contributed by atoms with Crippen LogP contribution in [0.4, 0.5) is 124 Å². The molecular formula is C96H120N34O7S4. The number of fused-ring (bicyclic) bond motifs is 8. The number of methoxy groups -OCH3 is 2. The van der Waals surface area contributed by atoms with E-state index in [1.54, 1.807) is 93.9 Å². The summed E-state index contributed by atoms with van der Waals surface area (Å²) in [6.45, 7) is 28.5. The highest BCUT2D eigenvalue weighted by molar-refractivity contribution is 7.17. The predicted octanol–water partition coefficient (Wildman–Crippen LogP) is 12.6. The van der Waals surface area contributed by atoms with E-state index in [1.807, 2.05) is 119 Å². The van der Waals surface area contributed by atoms with Gasteiger partial charge in [-0.3, -0.25) is 38.5 Å². The molecule has 21 rings (SSSR count). The highest BCUT2D eigenvalue weighted by Gasteiger charge is 2.40. The van der Waals surface area contributed by atoms with Crippen LogP contribution < -0.4 is 79.7 Å². The normalized spacial score (nSPS) is 17.2. The lowest BCUT2D eigenvalue weighted by Gasteiger charge is -2.42. The SMILES string of the molecule is COc1cc(C(=O)N2CCC(N3CCN(C)CC3)CC2)ccc1Nc1ncc2c(n1)N(C)c1sc(C)nc1C(=O)N2C.COc1cc(Nc2ncc3c(n2)N(C)c2sc(C)nc2C(=O)N3C)ccc1N1CCC(N2CCN(C)CC2)CC1.Cc1nc2c(s1)N(C)c1nc(Nc3ccc(N4CCN(C)CC4)cc3C)ncc1N(C)C2=O.Cc1nc2c(s1)N(C)c1nc(Nc3cnn(C)c3C)ncc1N(C)C2=O. The van der Waals surface area contributed by atoms with Crippen LogP contribution in [0.5, 0.6) is 11.5 Å². The summed E-state index contributed by atoms with van der Waals surface area (Å²) < 4.78 is 13.3. The first-order valence-electron chi connectivity index (χ1n) is 47.0. The van der Waals surface area contributed by atoms with Gasteiger partial charge >= 0.3 is 0 Å². The lowest BCUT2D eigenvalue weighted by molar-refractivity contribution is 0.0518. The summed E-state index contributed by atoms with van der Waals surface area (Å²) >= 11 is 5.88. The first-order chi connectivity index (χ1) is 67.7. The quantitative estimate of drug-likeness (QED) is 0.0740. The Morgan fingerprint density at radius 3 is 1.11 bits per heavy atom. The number of likely N-dealkylation sites (N-methyl/N-ethyl adjacent to an activating group) is 3. The fourth-order valence-corrected chi connectivity index (χ4v) is 22.3. The number of piperazine rings is 3. The number of carbonyl (C=O) groups is 5. The van der Waals surface area contributed by atoms with Gasteiger partial charge in [-0.2, -0.15) is 25.0 Å². The number of aryl methyl sites for hydroxylation is 6. The van der Waals surface area contributed by atoms with Gasteiger partial charge in [0.15, 0.2) is 46.0 Å². The van der Waals surface area contributed by atoms with Gasteiger partial charge in [-0.25, -0.2) is 39.9 Å². The first-order valence-corrected chi connectivity index (χ1v) is 50.3. The number of amides is 5. The van der Waals surface area contributed by atoms with Crippen LogP contribution in [0, 0.1) is 41.5 Å². The third-order valence-electron chi connectivity index (χ3n) is 27.4. The molecule has 3 aromatic carbocycles. The van der Waals surface area contributed by atoms with E-state index in [-0.39, 0.29) is 29.5 Å². The molecule has 9 aliphatic rings. The van der Waals surface area contributed by atoms with Crippen LogP contribution in [0.15, 0.2) is 85.6 Å². The van der Waals surface area contributed by atoms with Gasteiger partial charge in [0.1, 0.15) is 54.3 Å². The van der Waals surface area contributed by atoms with Crippen molar-refractivity contribution >= 4 is 199 Å². The summed E-state index contributed by atoms with van der Waals surface area (Å²) in [6, 6.07) is 19.2. The van der Waals surface area contributed by atoms with Gasteiger partial charge in [-0.15, -0.1) is 45.3 Å². The van der Waals surface area contributed by atoms with Crippen LogP contribution in [0.1, 0.15) is 109 Å². The number of hydrogen-bond acceptors (Lipinski definition) is 39. The Morgan fingerprint density at radius 2 is 0.723 bits per heavy atom. The summed E-state index contributed by atoms with van der Waals surface area (Å²) in [5.41, 5.74) is 12.5. The van der Waals surface area contributed by atoms with Gasteiger partial charge in [0.25, 0.3) is 29.5 Å². The van der Waals surface area contributed by atoms with E-state index in [2.05, 4.69) is 158 Å². The molecule has 9 aromatic heterocycles. The second-order valence-corrected chi connectivity index (χ2v) is 41.4. The van der Waals surface area contributed by atoms with Crippen molar-refractivity contribution in [3.8, 4) is 11.5 Å². The van der Waals surface area contributed by atoms with E-state index in [9.17, 15) is 24.0 Å². The van der Waals surface area contributed by atoms with Gasteiger partial charge in [0, 0.05) is 209 Å². The lowest BCUT2D eigenvalue weighted by Crippen LogP contribution is -2.52. The topological polar surface area (TPSA) is 376 Å². The van der Waals surface area contributed by atoms with Crippen molar-refractivity contribution < 1.29 is 33.4 Å². The smallest absolute Gasteiger partial charge is 0.279 e. The van der Waals surface area contributed by atoms with Crippen molar-refractivity contribution in [1.29, 1.82) is 0 Å². The predicted molar refractivity (Wildman–Crippen MR) is 559 cm³/mol. The molecule has 141 heavy (non-hydrogen) atoms. The number of thiazole rings is 4. The van der Waals surface area contributed by atoms with Gasteiger partial charge < -0.3 is 99.3 Å². The molecule has 0 spiro atoms. The van der Waals surface area contributed by atoms with E-state index in [4.69, 9.17) is 24.4 Å². The van der Waals surface area contributed by atoms with E-state index < -0.39 is 0 Å². The summed E-state index contributed by atoms with van der Waals surface area (Å²) in [6.07, 6.45) is 12.7. The number of aromatic nitrogens is 14. The van der Waals surface area contributed by atoms with Crippen molar-refractivity contribution in [3.05, 3.63) is 145 Å². The summed E-state index contributed by atoms with van der Waals surface area (Å²) in [5, 5.41) is 23.8. The number of nitrogens with zero attached hydrogens (tertiary/aromatic N) is 30. The number of piperidine rings is 2. The molecular weight excluding hydrogens is 1870 g/mol.